The standard InChI is InChI=1S/C24H31N3O6S/c1-4-5-14-33-21-11-9-18(15-22(21)32-3)23(28)25-26-24(29)20-16-19(10-8-17(20)2)34(30,31)27-12-6-7-13-27/h8-11,15-16H,4-7,12-14H2,1-3H3,(H,25,28)(H,26,29). The predicted molar refractivity (Wildman–Crippen MR) is 128 cm³/mol. The fraction of sp³-hybridized carbons (Fsp3) is 0.417. The number of hydrazine groups is 1. The van der Waals surface area contributed by atoms with Gasteiger partial charge in [-0.3, -0.25) is 20.4 Å². The zero-order valence-electron chi connectivity index (χ0n) is 19.7. The van der Waals surface area contributed by atoms with E-state index in [1.165, 1.54) is 29.6 Å². The van der Waals surface area contributed by atoms with E-state index in [0.717, 1.165) is 25.7 Å². The van der Waals surface area contributed by atoms with E-state index in [4.69, 9.17) is 9.47 Å². The molecule has 0 aliphatic carbocycles. The monoisotopic (exact) mass is 489 g/mol. The van der Waals surface area contributed by atoms with Crippen molar-refractivity contribution >= 4 is 21.8 Å². The first-order valence-electron chi connectivity index (χ1n) is 11.3. The summed E-state index contributed by atoms with van der Waals surface area (Å²) >= 11 is 0. The van der Waals surface area contributed by atoms with Crippen molar-refractivity contribution in [3.8, 4) is 11.5 Å². The highest BCUT2D eigenvalue weighted by atomic mass is 32.2. The Morgan fingerprint density at radius 1 is 1.00 bits per heavy atom. The lowest BCUT2D eigenvalue weighted by atomic mass is 10.1. The lowest BCUT2D eigenvalue weighted by Crippen LogP contribution is -2.42. The van der Waals surface area contributed by atoms with Crippen molar-refractivity contribution in [1.82, 2.24) is 15.2 Å². The average molecular weight is 490 g/mol. The molecule has 0 saturated carbocycles. The van der Waals surface area contributed by atoms with Crippen molar-refractivity contribution in [2.24, 2.45) is 0 Å². The van der Waals surface area contributed by atoms with Crippen LogP contribution in [0.3, 0.4) is 0 Å². The van der Waals surface area contributed by atoms with Gasteiger partial charge in [-0.05, 0) is 62.1 Å². The Kier molecular flexibility index (Phi) is 8.51. The fourth-order valence-corrected chi connectivity index (χ4v) is 5.14. The molecule has 2 amide bonds. The van der Waals surface area contributed by atoms with Crippen LogP contribution in [0.4, 0.5) is 0 Å². The summed E-state index contributed by atoms with van der Waals surface area (Å²) in [6, 6.07) is 9.16. The Morgan fingerprint density at radius 2 is 1.71 bits per heavy atom. The van der Waals surface area contributed by atoms with Gasteiger partial charge in [-0.1, -0.05) is 19.4 Å². The maximum atomic E-state index is 12.8. The first-order valence-corrected chi connectivity index (χ1v) is 12.7. The molecule has 9 nitrogen and oxygen atoms in total. The smallest absolute Gasteiger partial charge is 0.270 e. The van der Waals surface area contributed by atoms with E-state index in [-0.39, 0.29) is 16.0 Å². The van der Waals surface area contributed by atoms with Crippen LogP contribution in [0.25, 0.3) is 0 Å². The summed E-state index contributed by atoms with van der Waals surface area (Å²) in [5.41, 5.74) is 5.74. The predicted octanol–water partition coefficient (Wildman–Crippen LogP) is 3.04. The number of ether oxygens (including phenoxy) is 2. The van der Waals surface area contributed by atoms with Gasteiger partial charge in [0.25, 0.3) is 11.8 Å². The molecule has 0 atom stereocenters. The second-order valence-corrected chi connectivity index (χ2v) is 10.0. The summed E-state index contributed by atoms with van der Waals surface area (Å²) in [6.45, 7) is 5.25. The highest BCUT2D eigenvalue weighted by Crippen LogP contribution is 2.28. The molecule has 1 fully saturated rings. The largest absolute Gasteiger partial charge is 0.493 e. The second-order valence-electron chi connectivity index (χ2n) is 8.06. The Bertz CT molecular complexity index is 1140. The third-order valence-electron chi connectivity index (χ3n) is 5.63. The molecule has 184 valence electrons. The van der Waals surface area contributed by atoms with Gasteiger partial charge in [-0.2, -0.15) is 4.31 Å². The van der Waals surface area contributed by atoms with Crippen molar-refractivity contribution in [2.45, 2.75) is 44.4 Å². The fourth-order valence-electron chi connectivity index (χ4n) is 3.59. The third kappa shape index (κ3) is 5.87. The molecule has 10 heteroatoms. The van der Waals surface area contributed by atoms with Crippen LogP contribution in [0.2, 0.25) is 0 Å². The Labute approximate surface area is 200 Å². The summed E-state index contributed by atoms with van der Waals surface area (Å²) in [5.74, 6) is -0.227. The van der Waals surface area contributed by atoms with Gasteiger partial charge in [0.05, 0.1) is 18.6 Å². The van der Waals surface area contributed by atoms with Crippen molar-refractivity contribution < 1.29 is 27.5 Å². The van der Waals surface area contributed by atoms with Crippen LogP contribution in [0.1, 0.15) is 58.9 Å². The summed E-state index contributed by atoms with van der Waals surface area (Å²) in [5, 5.41) is 0. The molecule has 0 aromatic heterocycles. The third-order valence-corrected chi connectivity index (χ3v) is 7.52. The summed E-state index contributed by atoms with van der Waals surface area (Å²) < 4.78 is 38.1. The maximum Gasteiger partial charge on any atom is 0.270 e. The summed E-state index contributed by atoms with van der Waals surface area (Å²) in [7, 11) is -2.18. The van der Waals surface area contributed by atoms with Crippen LogP contribution in [0.5, 0.6) is 11.5 Å². The SMILES string of the molecule is CCCCOc1ccc(C(=O)NNC(=O)c2cc(S(=O)(=O)N3CCCC3)ccc2C)cc1OC. The van der Waals surface area contributed by atoms with E-state index in [1.807, 2.05) is 0 Å². The van der Waals surface area contributed by atoms with Gasteiger partial charge < -0.3 is 9.47 Å². The second kappa shape index (κ2) is 11.3. The number of hydrogen-bond acceptors (Lipinski definition) is 6. The molecule has 1 aliphatic heterocycles. The van der Waals surface area contributed by atoms with E-state index in [1.54, 1.807) is 25.1 Å². The number of nitrogens with one attached hydrogen (secondary N) is 2. The van der Waals surface area contributed by atoms with Crippen molar-refractivity contribution in [1.29, 1.82) is 0 Å². The molecule has 0 spiro atoms. The van der Waals surface area contributed by atoms with Gasteiger partial charge in [-0.15, -0.1) is 0 Å². The quantitative estimate of drug-likeness (QED) is 0.413. The number of benzene rings is 2. The van der Waals surface area contributed by atoms with Gasteiger partial charge in [0.1, 0.15) is 0 Å². The topological polar surface area (TPSA) is 114 Å². The Balaban J connectivity index is 1.69. The number of nitrogens with zero attached hydrogens (tertiary/aromatic N) is 1. The van der Waals surface area contributed by atoms with Gasteiger partial charge in [0.2, 0.25) is 10.0 Å². The van der Waals surface area contributed by atoms with E-state index < -0.39 is 21.8 Å². The number of sulfonamides is 1. The molecule has 34 heavy (non-hydrogen) atoms. The number of rotatable bonds is 9. The summed E-state index contributed by atoms with van der Waals surface area (Å²) in [4.78, 5) is 25.4. The van der Waals surface area contributed by atoms with E-state index in [2.05, 4.69) is 17.8 Å². The number of carbonyl (C=O) groups excluding carboxylic acids is 2. The molecule has 1 heterocycles. The molecule has 3 rings (SSSR count). The highest BCUT2D eigenvalue weighted by molar-refractivity contribution is 7.89. The van der Waals surface area contributed by atoms with Gasteiger partial charge in [-0.25, -0.2) is 8.42 Å². The molecular weight excluding hydrogens is 458 g/mol. The first-order chi connectivity index (χ1) is 16.3. The highest BCUT2D eigenvalue weighted by Gasteiger charge is 2.28. The minimum atomic E-state index is -3.67. The molecule has 0 bridgehead atoms. The van der Waals surface area contributed by atoms with Crippen LogP contribution in [0, 0.1) is 6.92 Å². The van der Waals surface area contributed by atoms with Crippen LogP contribution < -0.4 is 20.3 Å². The van der Waals surface area contributed by atoms with E-state index in [9.17, 15) is 18.0 Å². The van der Waals surface area contributed by atoms with Crippen LogP contribution in [-0.2, 0) is 10.0 Å². The molecule has 1 aliphatic rings. The van der Waals surface area contributed by atoms with Crippen LogP contribution in [0.15, 0.2) is 41.3 Å². The number of aryl methyl sites for hydroxylation is 1. The maximum absolute atomic E-state index is 12.8. The van der Waals surface area contributed by atoms with E-state index >= 15 is 0 Å². The number of hydrogen-bond donors (Lipinski definition) is 2. The van der Waals surface area contributed by atoms with Gasteiger partial charge >= 0.3 is 0 Å². The Hall–Kier alpha value is -3.11. The van der Waals surface area contributed by atoms with Crippen molar-refractivity contribution in [3.63, 3.8) is 0 Å². The van der Waals surface area contributed by atoms with Crippen molar-refractivity contribution in [2.75, 3.05) is 26.8 Å². The minimum Gasteiger partial charge on any atom is -0.493 e. The minimum absolute atomic E-state index is 0.0554. The lowest BCUT2D eigenvalue weighted by molar-refractivity contribution is 0.0846. The normalized spacial score (nSPS) is 14.0. The average Bonchev–Trinajstić information content (AvgIpc) is 3.39. The number of amides is 2. The van der Waals surface area contributed by atoms with Crippen molar-refractivity contribution in [3.05, 3.63) is 53.1 Å². The molecule has 2 aromatic carbocycles. The van der Waals surface area contributed by atoms with E-state index in [0.29, 0.717) is 36.8 Å². The van der Waals surface area contributed by atoms with Crippen LogP contribution >= 0.6 is 0 Å². The number of methoxy groups -OCH3 is 1. The van der Waals surface area contributed by atoms with Gasteiger partial charge in [0.15, 0.2) is 11.5 Å². The Morgan fingerprint density at radius 3 is 2.38 bits per heavy atom. The summed E-state index contributed by atoms with van der Waals surface area (Å²) in [6.07, 6.45) is 3.54. The van der Waals surface area contributed by atoms with Gasteiger partial charge in [0, 0.05) is 24.2 Å². The molecular formula is C24H31N3O6S. The number of unbranched alkanes of at least 4 members (excludes halogenated alkanes) is 1. The molecule has 1 saturated heterocycles. The first kappa shape index (κ1) is 25.5. The molecule has 2 aromatic rings. The molecule has 2 N–H and O–H groups in total. The lowest BCUT2D eigenvalue weighted by Gasteiger charge is -2.17. The molecule has 0 radical (unpaired) electrons. The number of carbonyl (C=O) groups is 2. The zero-order chi connectivity index (χ0) is 24.7. The van der Waals surface area contributed by atoms with Crippen LogP contribution in [-0.4, -0.2) is 51.3 Å². The zero-order valence-corrected chi connectivity index (χ0v) is 20.5. The molecule has 0 unspecified atom stereocenters.